The van der Waals surface area contributed by atoms with Crippen molar-refractivity contribution < 1.29 is 0 Å². The summed E-state index contributed by atoms with van der Waals surface area (Å²) in [6.07, 6.45) is 3.50. The highest BCUT2D eigenvalue weighted by atomic mass is 14.5. The first-order valence-corrected chi connectivity index (χ1v) is 6.33. The van der Waals surface area contributed by atoms with Gasteiger partial charge in [-0.05, 0) is 46.1 Å². The minimum absolute atomic E-state index is 0.180. The average Bonchev–Trinajstić information content (AvgIpc) is 2.14. The van der Waals surface area contributed by atoms with Crippen LogP contribution in [0.1, 0.15) is 52.2 Å². The van der Waals surface area contributed by atoms with Gasteiger partial charge in [0, 0.05) is 5.69 Å². The van der Waals surface area contributed by atoms with Gasteiger partial charge in [0.1, 0.15) is 0 Å². The molecule has 0 spiro atoms. The molecule has 1 aliphatic rings. The molecule has 1 nitrogen and oxygen atoms in total. The molecule has 0 amide bonds. The summed E-state index contributed by atoms with van der Waals surface area (Å²) in [4.78, 5) is 0. The van der Waals surface area contributed by atoms with Crippen LogP contribution in [0.15, 0.2) is 24.3 Å². The lowest BCUT2D eigenvalue weighted by Gasteiger charge is -2.36. The zero-order chi connectivity index (χ0) is 12.8. The van der Waals surface area contributed by atoms with Crippen LogP contribution in [0.2, 0.25) is 0 Å². The lowest BCUT2D eigenvalue weighted by molar-refractivity contribution is 0.504. The topological polar surface area (TPSA) is 26.0 Å². The van der Waals surface area contributed by atoms with Crippen molar-refractivity contribution in [1.82, 2.24) is 0 Å². The Morgan fingerprint density at radius 1 is 1.18 bits per heavy atom. The van der Waals surface area contributed by atoms with Gasteiger partial charge in [-0.15, -0.1) is 0 Å². The highest BCUT2D eigenvalue weighted by Crippen LogP contribution is 2.45. The molecular formula is C16H23N. The molecule has 17 heavy (non-hydrogen) atoms. The maximum atomic E-state index is 5.95. The van der Waals surface area contributed by atoms with Gasteiger partial charge >= 0.3 is 0 Å². The summed E-state index contributed by atoms with van der Waals surface area (Å²) in [5.41, 5.74) is 11.4. The lowest BCUT2D eigenvalue weighted by atomic mass is 9.68. The average molecular weight is 229 g/mol. The van der Waals surface area contributed by atoms with Gasteiger partial charge in [0.2, 0.25) is 0 Å². The van der Waals surface area contributed by atoms with Crippen molar-refractivity contribution in [2.75, 3.05) is 5.73 Å². The van der Waals surface area contributed by atoms with E-state index in [2.05, 4.69) is 52.8 Å². The van der Waals surface area contributed by atoms with Gasteiger partial charge in [-0.25, -0.2) is 0 Å². The van der Waals surface area contributed by atoms with Crippen molar-refractivity contribution in [1.29, 1.82) is 0 Å². The second-order valence-corrected chi connectivity index (χ2v) is 6.76. The van der Waals surface area contributed by atoms with E-state index < -0.39 is 0 Å². The smallest absolute Gasteiger partial charge is 0.0320 e. The fourth-order valence-electron chi connectivity index (χ4n) is 2.66. The SMILES string of the molecule is CC(C)(C)C1=CCC(C)(C)c2ccc(N)cc21. The van der Waals surface area contributed by atoms with Crippen LogP contribution in [0.25, 0.3) is 5.57 Å². The lowest BCUT2D eigenvalue weighted by Crippen LogP contribution is -2.25. The Hall–Kier alpha value is -1.24. The van der Waals surface area contributed by atoms with Crippen molar-refractivity contribution in [2.45, 2.75) is 46.5 Å². The fourth-order valence-corrected chi connectivity index (χ4v) is 2.66. The van der Waals surface area contributed by atoms with Crippen LogP contribution in [-0.4, -0.2) is 0 Å². The summed E-state index contributed by atoms with van der Waals surface area (Å²) in [5.74, 6) is 0. The van der Waals surface area contributed by atoms with Crippen molar-refractivity contribution in [3.8, 4) is 0 Å². The van der Waals surface area contributed by atoms with E-state index in [0.717, 1.165) is 12.1 Å². The van der Waals surface area contributed by atoms with Gasteiger partial charge in [0.05, 0.1) is 0 Å². The highest BCUT2D eigenvalue weighted by Gasteiger charge is 2.31. The third-order valence-electron chi connectivity index (χ3n) is 3.69. The summed E-state index contributed by atoms with van der Waals surface area (Å²) >= 11 is 0. The van der Waals surface area contributed by atoms with Crippen LogP contribution in [0, 0.1) is 5.41 Å². The predicted octanol–water partition coefficient (Wildman–Crippen LogP) is 4.38. The Labute approximate surface area is 105 Å². The summed E-state index contributed by atoms with van der Waals surface area (Å²) in [7, 11) is 0. The molecule has 0 saturated carbocycles. The summed E-state index contributed by atoms with van der Waals surface area (Å²) < 4.78 is 0. The van der Waals surface area contributed by atoms with Crippen LogP contribution in [0.5, 0.6) is 0 Å². The number of rotatable bonds is 0. The zero-order valence-electron chi connectivity index (χ0n) is 11.6. The number of benzene rings is 1. The number of anilines is 1. The molecule has 2 N–H and O–H groups in total. The Bertz CT molecular complexity index is 473. The van der Waals surface area contributed by atoms with E-state index in [0.29, 0.717) is 0 Å². The molecule has 1 aliphatic carbocycles. The molecule has 0 aliphatic heterocycles. The Balaban J connectivity index is 2.65. The largest absolute Gasteiger partial charge is 0.399 e. The number of allylic oxidation sites excluding steroid dienone is 2. The monoisotopic (exact) mass is 229 g/mol. The van der Waals surface area contributed by atoms with Crippen LogP contribution >= 0.6 is 0 Å². The van der Waals surface area contributed by atoms with E-state index in [1.807, 2.05) is 6.07 Å². The molecule has 0 radical (unpaired) electrons. The number of fused-ring (bicyclic) bond motifs is 1. The highest BCUT2D eigenvalue weighted by molar-refractivity contribution is 5.77. The van der Waals surface area contributed by atoms with Crippen molar-refractivity contribution in [3.05, 3.63) is 35.4 Å². The van der Waals surface area contributed by atoms with E-state index in [-0.39, 0.29) is 10.8 Å². The fraction of sp³-hybridized carbons (Fsp3) is 0.500. The van der Waals surface area contributed by atoms with Gasteiger partial charge in [-0.1, -0.05) is 46.8 Å². The first-order chi connectivity index (χ1) is 7.72. The minimum atomic E-state index is 0.180. The first kappa shape index (κ1) is 12.2. The minimum Gasteiger partial charge on any atom is -0.399 e. The van der Waals surface area contributed by atoms with Crippen molar-refractivity contribution in [3.63, 3.8) is 0 Å². The van der Waals surface area contributed by atoms with Crippen LogP contribution in [-0.2, 0) is 5.41 Å². The van der Waals surface area contributed by atoms with Crippen LogP contribution in [0.4, 0.5) is 5.69 Å². The number of hydrogen-bond acceptors (Lipinski definition) is 1. The quantitative estimate of drug-likeness (QED) is 0.656. The molecular weight excluding hydrogens is 206 g/mol. The maximum absolute atomic E-state index is 5.95. The van der Waals surface area contributed by atoms with E-state index in [4.69, 9.17) is 5.73 Å². The van der Waals surface area contributed by atoms with Gasteiger partial charge in [0.15, 0.2) is 0 Å². The molecule has 0 unspecified atom stereocenters. The molecule has 1 heteroatoms. The second kappa shape index (κ2) is 3.63. The standard InChI is InChI=1S/C16H23N/c1-15(2,3)13-8-9-16(4,5)14-7-6-11(17)10-12(13)14/h6-8,10H,9,17H2,1-5H3. The maximum Gasteiger partial charge on any atom is 0.0320 e. The normalized spacial score (nSPS) is 18.5. The summed E-state index contributed by atoms with van der Waals surface area (Å²) in [6, 6.07) is 6.35. The second-order valence-electron chi connectivity index (χ2n) is 6.76. The predicted molar refractivity (Wildman–Crippen MR) is 75.9 cm³/mol. The number of nitrogens with two attached hydrogens (primary N) is 1. The Kier molecular flexibility index (Phi) is 2.61. The molecule has 0 fully saturated rings. The molecule has 2 rings (SSSR count). The molecule has 0 saturated heterocycles. The first-order valence-electron chi connectivity index (χ1n) is 6.33. The van der Waals surface area contributed by atoms with Gasteiger partial charge in [-0.2, -0.15) is 0 Å². The van der Waals surface area contributed by atoms with E-state index in [1.165, 1.54) is 16.7 Å². The molecule has 92 valence electrons. The molecule has 0 aromatic heterocycles. The van der Waals surface area contributed by atoms with E-state index in [9.17, 15) is 0 Å². The van der Waals surface area contributed by atoms with Crippen molar-refractivity contribution >= 4 is 11.3 Å². The molecule has 1 aromatic carbocycles. The van der Waals surface area contributed by atoms with Crippen LogP contribution in [0.3, 0.4) is 0 Å². The number of hydrogen-bond donors (Lipinski definition) is 1. The molecule has 0 bridgehead atoms. The third-order valence-corrected chi connectivity index (χ3v) is 3.69. The van der Waals surface area contributed by atoms with E-state index >= 15 is 0 Å². The molecule has 1 aromatic rings. The Morgan fingerprint density at radius 2 is 1.82 bits per heavy atom. The third kappa shape index (κ3) is 2.11. The van der Waals surface area contributed by atoms with Gasteiger partial charge in [0.25, 0.3) is 0 Å². The van der Waals surface area contributed by atoms with Crippen molar-refractivity contribution in [2.24, 2.45) is 5.41 Å². The summed E-state index contributed by atoms with van der Waals surface area (Å²) in [5, 5.41) is 0. The molecule has 0 atom stereocenters. The zero-order valence-corrected chi connectivity index (χ0v) is 11.6. The van der Waals surface area contributed by atoms with Gasteiger partial charge in [-0.3, -0.25) is 0 Å². The van der Waals surface area contributed by atoms with Crippen LogP contribution < -0.4 is 5.73 Å². The van der Waals surface area contributed by atoms with E-state index in [1.54, 1.807) is 0 Å². The number of nitrogen functional groups attached to an aromatic ring is 1. The Morgan fingerprint density at radius 3 is 2.41 bits per heavy atom. The van der Waals surface area contributed by atoms with Gasteiger partial charge < -0.3 is 5.73 Å². The molecule has 0 heterocycles. The summed E-state index contributed by atoms with van der Waals surface area (Å²) in [6.45, 7) is 11.4.